The van der Waals surface area contributed by atoms with Crippen molar-refractivity contribution in [1.29, 1.82) is 0 Å². The lowest BCUT2D eigenvalue weighted by Gasteiger charge is -2.26. The van der Waals surface area contributed by atoms with Gasteiger partial charge in [0.2, 0.25) is 0 Å². The van der Waals surface area contributed by atoms with Crippen LogP contribution < -0.4 is 5.32 Å². The van der Waals surface area contributed by atoms with Gasteiger partial charge in [0.1, 0.15) is 0 Å². The third kappa shape index (κ3) is 28.8. The zero-order valence-electron chi connectivity index (χ0n) is 27.4. The van der Waals surface area contributed by atoms with Crippen molar-refractivity contribution in [2.75, 3.05) is 18.9 Å². The van der Waals surface area contributed by atoms with Crippen molar-refractivity contribution in [3.63, 3.8) is 0 Å². The summed E-state index contributed by atoms with van der Waals surface area (Å²) in [6, 6.07) is 0.804. The molecule has 0 aliphatic carbocycles. The van der Waals surface area contributed by atoms with Gasteiger partial charge in [-0.25, -0.2) is 0 Å². The van der Waals surface area contributed by atoms with Crippen LogP contribution in [0.5, 0.6) is 0 Å². The van der Waals surface area contributed by atoms with E-state index in [9.17, 15) is 0 Å². The smallest absolute Gasteiger partial charge is 0.0598 e. The second kappa shape index (κ2) is 31.5. The predicted molar refractivity (Wildman–Crippen MR) is 172 cm³/mol. The average Bonchev–Trinajstić information content (AvgIpc) is 2.88. The second-order valence-corrected chi connectivity index (χ2v) is 13.1. The van der Waals surface area contributed by atoms with Gasteiger partial charge >= 0.3 is 0 Å². The molecule has 0 aromatic carbocycles. The third-order valence-electron chi connectivity index (χ3n) is 6.07. The van der Waals surface area contributed by atoms with Crippen LogP contribution >= 0.6 is 11.8 Å². The van der Waals surface area contributed by atoms with E-state index in [1.807, 2.05) is 0 Å². The molecule has 3 rings (SSSR count). The number of ether oxygens (including phenoxy) is 1. The summed E-state index contributed by atoms with van der Waals surface area (Å²) in [6.07, 6.45) is 16.8. The lowest BCUT2D eigenvalue weighted by molar-refractivity contribution is -0.0115. The van der Waals surface area contributed by atoms with E-state index in [0.29, 0.717) is 12.0 Å². The largest absolute Gasteiger partial charge is 0.378 e. The molecule has 2 nitrogen and oxygen atoms in total. The maximum absolute atomic E-state index is 5.54. The summed E-state index contributed by atoms with van der Waals surface area (Å²) in [4.78, 5) is 0. The quantitative estimate of drug-likeness (QED) is 0.391. The summed E-state index contributed by atoms with van der Waals surface area (Å²) in [5.41, 5.74) is 0. The van der Waals surface area contributed by atoms with E-state index in [1.165, 1.54) is 89.3 Å². The molecule has 3 aliphatic heterocycles. The van der Waals surface area contributed by atoms with Gasteiger partial charge in [-0.1, -0.05) is 115 Å². The van der Waals surface area contributed by atoms with Crippen LogP contribution in [-0.4, -0.2) is 36.3 Å². The summed E-state index contributed by atoms with van der Waals surface area (Å²) in [5, 5.41) is 4.49. The molecule has 3 saturated heterocycles. The molecule has 0 aromatic rings. The van der Waals surface area contributed by atoms with Gasteiger partial charge in [0.25, 0.3) is 0 Å². The molecular formula is C33H73NOS. The molecule has 3 fully saturated rings. The minimum absolute atomic E-state index is 0.554. The Morgan fingerprint density at radius 1 is 0.639 bits per heavy atom. The molecule has 0 radical (unpaired) electrons. The van der Waals surface area contributed by atoms with E-state index in [4.69, 9.17) is 4.74 Å². The zero-order chi connectivity index (χ0) is 28.2. The van der Waals surface area contributed by atoms with Crippen molar-refractivity contribution in [3.8, 4) is 0 Å². The molecule has 0 aromatic heterocycles. The fourth-order valence-corrected chi connectivity index (χ4v) is 5.42. The SMILES string of the molecule is CC(C)C1CCCCN1.CC(C)C1CCCCO1.CC(C)C1CCCCS1.CCC.CCC.CCC. The van der Waals surface area contributed by atoms with E-state index in [1.54, 1.807) is 0 Å². The summed E-state index contributed by atoms with van der Waals surface area (Å²) in [6.45, 7) is 28.7. The molecule has 3 aliphatic rings. The van der Waals surface area contributed by atoms with Gasteiger partial charge in [-0.15, -0.1) is 0 Å². The van der Waals surface area contributed by atoms with Gasteiger partial charge in [0.15, 0.2) is 0 Å². The van der Waals surface area contributed by atoms with E-state index in [-0.39, 0.29) is 0 Å². The van der Waals surface area contributed by atoms with E-state index < -0.39 is 0 Å². The highest BCUT2D eigenvalue weighted by atomic mass is 32.2. The van der Waals surface area contributed by atoms with Crippen LogP contribution in [0.15, 0.2) is 0 Å². The molecule has 0 bridgehead atoms. The number of rotatable bonds is 3. The first-order chi connectivity index (χ1) is 17.2. The van der Waals surface area contributed by atoms with Crippen LogP contribution in [0.3, 0.4) is 0 Å². The highest BCUT2D eigenvalue weighted by Gasteiger charge is 2.17. The van der Waals surface area contributed by atoms with Gasteiger partial charge < -0.3 is 10.1 Å². The Kier molecular flexibility index (Phi) is 35.7. The van der Waals surface area contributed by atoms with Crippen LogP contribution in [-0.2, 0) is 4.74 Å². The van der Waals surface area contributed by atoms with Gasteiger partial charge in [-0.05, 0) is 75.0 Å². The minimum Gasteiger partial charge on any atom is -0.378 e. The predicted octanol–water partition coefficient (Wildman–Crippen LogP) is 11.2. The van der Waals surface area contributed by atoms with Crippen molar-refractivity contribution < 1.29 is 4.74 Å². The standard InChI is InChI=1S/C8H17N.C8H16O.C8H16S.3C3H8/c3*1-7(2)8-5-3-4-6-9-8;3*1-3-2/h7-9H,3-6H2,1-2H3;2*7-8H,3-6H2,1-2H3;3*3H2,1-2H3. The molecule has 3 unspecified atom stereocenters. The molecular weight excluding hydrogens is 458 g/mol. The molecule has 3 atom stereocenters. The lowest BCUT2D eigenvalue weighted by atomic mass is 9.95. The Bertz CT molecular complexity index is 311. The van der Waals surface area contributed by atoms with Crippen LogP contribution in [0.1, 0.15) is 160 Å². The van der Waals surface area contributed by atoms with Crippen LogP contribution in [0.2, 0.25) is 0 Å². The third-order valence-corrected chi connectivity index (χ3v) is 7.80. The summed E-state index contributed by atoms with van der Waals surface area (Å²) in [7, 11) is 0. The molecule has 1 N–H and O–H groups in total. The van der Waals surface area contributed by atoms with Crippen LogP contribution in [0.4, 0.5) is 0 Å². The number of piperidine rings is 1. The summed E-state index contributed by atoms with van der Waals surface area (Å²) < 4.78 is 5.54. The molecule has 0 amide bonds. The van der Waals surface area contributed by atoms with Gasteiger partial charge in [0.05, 0.1) is 6.10 Å². The van der Waals surface area contributed by atoms with E-state index >= 15 is 0 Å². The fraction of sp³-hybridized carbons (Fsp3) is 1.00. The molecule has 3 heteroatoms. The van der Waals surface area contributed by atoms with Crippen molar-refractivity contribution >= 4 is 11.8 Å². The Balaban J connectivity index is -0.000000390. The first-order valence-corrected chi connectivity index (χ1v) is 17.2. The minimum atomic E-state index is 0.554. The topological polar surface area (TPSA) is 21.3 Å². The van der Waals surface area contributed by atoms with Crippen molar-refractivity contribution in [3.05, 3.63) is 0 Å². The maximum Gasteiger partial charge on any atom is 0.0598 e. The van der Waals surface area contributed by atoms with Crippen molar-refractivity contribution in [2.24, 2.45) is 17.8 Å². The van der Waals surface area contributed by atoms with Gasteiger partial charge in [-0.2, -0.15) is 11.8 Å². The average molecular weight is 532 g/mol. The van der Waals surface area contributed by atoms with Gasteiger partial charge in [0, 0.05) is 17.9 Å². The van der Waals surface area contributed by atoms with Crippen LogP contribution in [0.25, 0.3) is 0 Å². The van der Waals surface area contributed by atoms with Crippen molar-refractivity contribution in [2.45, 2.75) is 178 Å². The summed E-state index contributed by atoms with van der Waals surface area (Å²) >= 11 is 2.17. The molecule has 3 heterocycles. The molecule has 36 heavy (non-hydrogen) atoms. The Hall–Kier alpha value is 0.270. The molecule has 0 saturated carbocycles. The number of hydrogen-bond donors (Lipinski definition) is 1. The number of nitrogens with one attached hydrogen (secondary N) is 1. The first-order valence-electron chi connectivity index (χ1n) is 16.1. The molecule has 222 valence electrons. The maximum atomic E-state index is 5.54. The van der Waals surface area contributed by atoms with E-state index in [2.05, 4.69) is 100 Å². The number of thioether (sulfide) groups is 1. The van der Waals surface area contributed by atoms with Crippen molar-refractivity contribution in [1.82, 2.24) is 5.32 Å². The Morgan fingerprint density at radius 3 is 1.42 bits per heavy atom. The van der Waals surface area contributed by atoms with Crippen LogP contribution in [0, 0.1) is 17.8 Å². The van der Waals surface area contributed by atoms with E-state index in [0.717, 1.165) is 29.7 Å². The highest BCUT2D eigenvalue weighted by Crippen LogP contribution is 2.30. The Labute approximate surface area is 235 Å². The molecule has 0 spiro atoms. The highest BCUT2D eigenvalue weighted by molar-refractivity contribution is 7.99. The monoisotopic (exact) mass is 532 g/mol. The first kappa shape index (κ1) is 40.8. The fourth-order valence-electron chi connectivity index (χ4n) is 4.03. The normalized spacial score (nSPS) is 23.2. The Morgan fingerprint density at radius 2 is 1.17 bits per heavy atom. The summed E-state index contributed by atoms with van der Waals surface area (Å²) in [5.74, 6) is 3.84. The van der Waals surface area contributed by atoms with Gasteiger partial charge in [-0.3, -0.25) is 0 Å². The zero-order valence-corrected chi connectivity index (χ0v) is 28.2. The second-order valence-electron chi connectivity index (χ2n) is 11.7. The number of hydrogen-bond acceptors (Lipinski definition) is 3. The lowest BCUT2D eigenvalue weighted by Crippen LogP contribution is -2.37.